The summed E-state index contributed by atoms with van der Waals surface area (Å²) in [5.41, 5.74) is 1.58. The van der Waals surface area contributed by atoms with Gasteiger partial charge in [-0.15, -0.1) is 0 Å². The van der Waals surface area contributed by atoms with Crippen molar-refractivity contribution in [3.05, 3.63) is 23.8 Å². The fourth-order valence-electron chi connectivity index (χ4n) is 2.14. The van der Waals surface area contributed by atoms with E-state index in [1.807, 2.05) is 32.0 Å². The number of rotatable bonds is 6. The van der Waals surface area contributed by atoms with Crippen molar-refractivity contribution in [3.8, 4) is 11.5 Å². The zero-order valence-electron chi connectivity index (χ0n) is 13.4. The summed E-state index contributed by atoms with van der Waals surface area (Å²) in [6.07, 6.45) is 0.747. The molecule has 0 saturated carbocycles. The molecule has 0 aromatic heterocycles. The number of methoxy groups -OCH3 is 2. The first-order valence-electron chi connectivity index (χ1n) is 7.34. The standard InChI is InChI=1S/C16H22N2O4/c1-5-10(2)17-16(19)15-9-12(18-22-15)11-6-7-13(20-3)14(8-11)21-4/h6-8,10,15H,5,9H2,1-4H3,(H,17,19)/t10-,15-/m1/s1. The number of benzene rings is 1. The van der Waals surface area contributed by atoms with E-state index in [0.29, 0.717) is 17.9 Å². The van der Waals surface area contributed by atoms with Gasteiger partial charge >= 0.3 is 0 Å². The molecule has 1 aliphatic heterocycles. The Labute approximate surface area is 130 Å². The zero-order chi connectivity index (χ0) is 16.1. The van der Waals surface area contributed by atoms with Crippen LogP contribution >= 0.6 is 0 Å². The monoisotopic (exact) mass is 306 g/mol. The van der Waals surface area contributed by atoms with E-state index >= 15 is 0 Å². The first-order valence-corrected chi connectivity index (χ1v) is 7.34. The van der Waals surface area contributed by atoms with Crippen molar-refractivity contribution < 1.29 is 19.1 Å². The second-order valence-corrected chi connectivity index (χ2v) is 5.22. The van der Waals surface area contributed by atoms with E-state index in [1.165, 1.54) is 0 Å². The fraction of sp³-hybridized carbons (Fsp3) is 0.500. The van der Waals surface area contributed by atoms with Crippen molar-refractivity contribution in [3.63, 3.8) is 0 Å². The van der Waals surface area contributed by atoms with Crippen LogP contribution in [0.15, 0.2) is 23.4 Å². The quantitative estimate of drug-likeness (QED) is 0.874. The fourth-order valence-corrected chi connectivity index (χ4v) is 2.14. The minimum absolute atomic E-state index is 0.126. The second-order valence-electron chi connectivity index (χ2n) is 5.22. The number of carbonyl (C=O) groups excluding carboxylic acids is 1. The highest BCUT2D eigenvalue weighted by molar-refractivity contribution is 6.04. The molecule has 1 heterocycles. The molecule has 0 radical (unpaired) electrons. The third kappa shape index (κ3) is 3.50. The van der Waals surface area contributed by atoms with E-state index < -0.39 is 6.10 Å². The van der Waals surface area contributed by atoms with Crippen LogP contribution in [0.1, 0.15) is 32.3 Å². The van der Waals surface area contributed by atoms with Gasteiger partial charge in [0.25, 0.3) is 5.91 Å². The molecule has 2 atom stereocenters. The largest absolute Gasteiger partial charge is 0.493 e. The smallest absolute Gasteiger partial charge is 0.264 e. The van der Waals surface area contributed by atoms with Crippen molar-refractivity contribution in [2.75, 3.05) is 14.2 Å². The molecule has 22 heavy (non-hydrogen) atoms. The Morgan fingerprint density at radius 2 is 2.14 bits per heavy atom. The van der Waals surface area contributed by atoms with E-state index in [2.05, 4.69) is 10.5 Å². The van der Waals surface area contributed by atoms with Crippen molar-refractivity contribution in [1.29, 1.82) is 0 Å². The van der Waals surface area contributed by atoms with Crippen LogP contribution in [0.2, 0.25) is 0 Å². The summed E-state index contributed by atoms with van der Waals surface area (Å²) in [6.45, 7) is 3.98. The Kier molecular flexibility index (Phi) is 5.25. The molecule has 0 aliphatic carbocycles. The topological polar surface area (TPSA) is 69.2 Å². The zero-order valence-corrected chi connectivity index (χ0v) is 13.4. The number of hydrogen-bond donors (Lipinski definition) is 1. The lowest BCUT2D eigenvalue weighted by molar-refractivity contribution is -0.131. The average molecular weight is 306 g/mol. The summed E-state index contributed by atoms with van der Waals surface area (Å²) in [4.78, 5) is 17.3. The third-order valence-corrected chi connectivity index (χ3v) is 3.68. The summed E-state index contributed by atoms with van der Waals surface area (Å²) >= 11 is 0. The summed E-state index contributed by atoms with van der Waals surface area (Å²) < 4.78 is 10.5. The second kappa shape index (κ2) is 7.15. The molecular formula is C16H22N2O4. The minimum Gasteiger partial charge on any atom is -0.493 e. The number of ether oxygens (including phenoxy) is 2. The number of amides is 1. The van der Waals surface area contributed by atoms with Crippen LogP contribution < -0.4 is 14.8 Å². The molecule has 0 saturated heterocycles. The van der Waals surface area contributed by atoms with Gasteiger partial charge in [0.1, 0.15) is 0 Å². The highest BCUT2D eigenvalue weighted by atomic mass is 16.6. The van der Waals surface area contributed by atoms with Crippen LogP contribution in [0.4, 0.5) is 0 Å². The van der Waals surface area contributed by atoms with Gasteiger partial charge in [-0.25, -0.2) is 0 Å². The molecule has 1 N–H and O–H groups in total. The summed E-state index contributed by atoms with van der Waals surface area (Å²) in [5, 5.41) is 6.93. The predicted octanol–water partition coefficient (Wildman–Crippen LogP) is 2.11. The van der Waals surface area contributed by atoms with Crippen LogP contribution in [0.25, 0.3) is 0 Å². The normalized spacial score (nSPS) is 18.2. The van der Waals surface area contributed by atoms with Crippen LogP contribution in [-0.2, 0) is 9.63 Å². The third-order valence-electron chi connectivity index (χ3n) is 3.68. The summed E-state index contributed by atoms with van der Waals surface area (Å²) in [7, 11) is 3.17. The Morgan fingerprint density at radius 1 is 1.41 bits per heavy atom. The molecule has 1 amide bonds. The first-order chi connectivity index (χ1) is 10.6. The Balaban J connectivity index is 2.05. The number of oxime groups is 1. The number of carbonyl (C=O) groups is 1. The maximum absolute atomic E-state index is 12.1. The lowest BCUT2D eigenvalue weighted by Crippen LogP contribution is -2.39. The van der Waals surface area contributed by atoms with Crippen LogP contribution in [0.3, 0.4) is 0 Å². The molecule has 0 unspecified atom stereocenters. The van der Waals surface area contributed by atoms with E-state index in [9.17, 15) is 4.79 Å². The minimum atomic E-state index is -0.572. The predicted molar refractivity (Wildman–Crippen MR) is 83.5 cm³/mol. The van der Waals surface area contributed by atoms with E-state index in [0.717, 1.165) is 17.7 Å². The van der Waals surface area contributed by atoms with Gasteiger partial charge in [0.2, 0.25) is 6.10 Å². The Hall–Kier alpha value is -2.24. The van der Waals surface area contributed by atoms with Gasteiger partial charge in [-0.3, -0.25) is 4.79 Å². The van der Waals surface area contributed by atoms with Gasteiger partial charge < -0.3 is 19.6 Å². The number of nitrogens with zero attached hydrogens (tertiary/aromatic N) is 1. The molecular weight excluding hydrogens is 284 g/mol. The van der Waals surface area contributed by atoms with Crippen molar-refractivity contribution >= 4 is 11.6 Å². The van der Waals surface area contributed by atoms with Crippen molar-refractivity contribution in [2.45, 2.75) is 38.8 Å². The molecule has 0 spiro atoms. The van der Waals surface area contributed by atoms with E-state index in [1.54, 1.807) is 14.2 Å². The number of hydrogen-bond acceptors (Lipinski definition) is 5. The molecule has 1 aromatic rings. The maximum Gasteiger partial charge on any atom is 0.264 e. The molecule has 1 aromatic carbocycles. The lowest BCUT2D eigenvalue weighted by Gasteiger charge is -2.14. The number of nitrogens with one attached hydrogen (secondary N) is 1. The molecule has 6 nitrogen and oxygen atoms in total. The molecule has 2 rings (SSSR count). The highest BCUT2D eigenvalue weighted by Gasteiger charge is 2.29. The molecule has 6 heteroatoms. The summed E-state index contributed by atoms with van der Waals surface area (Å²) in [6, 6.07) is 5.64. The van der Waals surface area contributed by atoms with E-state index in [4.69, 9.17) is 14.3 Å². The molecule has 1 aliphatic rings. The van der Waals surface area contributed by atoms with E-state index in [-0.39, 0.29) is 11.9 Å². The average Bonchev–Trinajstić information content (AvgIpc) is 3.04. The Morgan fingerprint density at radius 3 is 2.77 bits per heavy atom. The lowest BCUT2D eigenvalue weighted by atomic mass is 10.0. The van der Waals surface area contributed by atoms with Gasteiger partial charge in [-0.2, -0.15) is 0 Å². The highest BCUT2D eigenvalue weighted by Crippen LogP contribution is 2.29. The van der Waals surface area contributed by atoms with Gasteiger partial charge in [-0.1, -0.05) is 12.1 Å². The van der Waals surface area contributed by atoms with Crippen LogP contribution in [0.5, 0.6) is 11.5 Å². The molecule has 0 bridgehead atoms. The SMILES string of the molecule is CC[C@@H](C)NC(=O)[C@H]1CC(c2ccc(OC)c(OC)c2)=NO1. The van der Waals surface area contributed by atoms with Crippen LogP contribution in [-0.4, -0.2) is 38.0 Å². The van der Waals surface area contributed by atoms with Crippen molar-refractivity contribution in [1.82, 2.24) is 5.32 Å². The van der Waals surface area contributed by atoms with Gasteiger partial charge in [-0.05, 0) is 31.5 Å². The van der Waals surface area contributed by atoms with Gasteiger partial charge in [0.15, 0.2) is 11.5 Å². The van der Waals surface area contributed by atoms with Crippen molar-refractivity contribution in [2.24, 2.45) is 5.16 Å². The summed E-state index contributed by atoms with van der Waals surface area (Å²) in [5.74, 6) is 1.14. The molecule has 0 fully saturated rings. The maximum atomic E-state index is 12.1. The Bertz CT molecular complexity index is 571. The van der Waals surface area contributed by atoms with Gasteiger partial charge in [0, 0.05) is 18.0 Å². The molecule has 120 valence electrons. The van der Waals surface area contributed by atoms with Gasteiger partial charge in [0.05, 0.1) is 19.9 Å². The van der Waals surface area contributed by atoms with Crippen LogP contribution in [0, 0.1) is 0 Å². The first kappa shape index (κ1) is 16.1.